The summed E-state index contributed by atoms with van der Waals surface area (Å²) in [5.41, 5.74) is 0. The smallest absolute Gasteiger partial charge is 0.407 e. The molecule has 0 bridgehead atoms. The number of rotatable bonds is 13. The third-order valence-electron chi connectivity index (χ3n) is 2.40. The van der Waals surface area contributed by atoms with Gasteiger partial charge in [0.05, 0.1) is 13.2 Å². The first kappa shape index (κ1) is 22.8. The summed E-state index contributed by atoms with van der Waals surface area (Å²) in [5, 5.41) is 5.66. The maximum Gasteiger partial charge on any atom is 0.407 e. The van der Waals surface area contributed by atoms with Crippen LogP contribution < -0.4 is 10.6 Å². The Morgan fingerprint density at radius 2 is 1.68 bits per heavy atom. The third kappa shape index (κ3) is 23.6. The Hall–Kier alpha value is -1.47. The molecule has 0 radical (unpaired) electrons. The Labute approximate surface area is 133 Å². The fourth-order valence-electron chi connectivity index (χ4n) is 1.30. The Morgan fingerprint density at radius 1 is 1.00 bits per heavy atom. The van der Waals surface area contributed by atoms with Crippen LogP contribution in [0.25, 0.3) is 0 Å². The van der Waals surface area contributed by atoms with Crippen LogP contribution in [0, 0.1) is 0 Å². The van der Waals surface area contributed by atoms with Gasteiger partial charge in [-0.15, -0.1) is 0 Å². The number of carbonyl (C=O) groups excluding carboxylic acids is 3. The van der Waals surface area contributed by atoms with E-state index in [-0.39, 0.29) is 6.09 Å². The molecule has 0 atom stereocenters. The minimum atomic E-state index is -0.378. The van der Waals surface area contributed by atoms with E-state index in [1.54, 1.807) is 6.92 Å². The van der Waals surface area contributed by atoms with Crippen molar-refractivity contribution in [2.75, 3.05) is 40.0 Å². The van der Waals surface area contributed by atoms with Crippen molar-refractivity contribution in [3.8, 4) is 0 Å². The van der Waals surface area contributed by atoms with Crippen molar-refractivity contribution in [2.45, 2.75) is 39.0 Å². The van der Waals surface area contributed by atoms with E-state index in [4.69, 9.17) is 4.74 Å². The SMILES string of the molecule is CCOC(=O)NCCOCCCCNC.O=CCCCC=O. The molecule has 1 amide bonds. The van der Waals surface area contributed by atoms with Crippen LogP contribution >= 0.6 is 0 Å². The molecule has 130 valence electrons. The zero-order valence-electron chi connectivity index (χ0n) is 13.8. The second-order valence-electron chi connectivity index (χ2n) is 4.33. The van der Waals surface area contributed by atoms with Gasteiger partial charge in [0.25, 0.3) is 0 Å². The van der Waals surface area contributed by atoms with Crippen LogP contribution in [-0.4, -0.2) is 58.6 Å². The Morgan fingerprint density at radius 3 is 2.23 bits per heavy atom. The van der Waals surface area contributed by atoms with Gasteiger partial charge in [0.15, 0.2) is 0 Å². The molecule has 0 saturated carbocycles. The number of aldehydes is 2. The second-order valence-corrected chi connectivity index (χ2v) is 4.33. The molecule has 7 nitrogen and oxygen atoms in total. The number of amides is 1. The van der Waals surface area contributed by atoms with Crippen LogP contribution in [0.4, 0.5) is 4.79 Å². The predicted octanol–water partition coefficient (Wildman–Crippen LogP) is 1.30. The van der Waals surface area contributed by atoms with Crippen LogP contribution in [0.1, 0.15) is 39.0 Å². The highest BCUT2D eigenvalue weighted by atomic mass is 16.5. The van der Waals surface area contributed by atoms with Crippen molar-refractivity contribution in [1.29, 1.82) is 0 Å². The monoisotopic (exact) mass is 318 g/mol. The highest BCUT2D eigenvalue weighted by Gasteiger charge is 1.97. The van der Waals surface area contributed by atoms with Gasteiger partial charge in [-0.1, -0.05) is 0 Å². The average Bonchev–Trinajstić information content (AvgIpc) is 2.51. The van der Waals surface area contributed by atoms with E-state index in [9.17, 15) is 14.4 Å². The van der Waals surface area contributed by atoms with Gasteiger partial charge in [-0.3, -0.25) is 0 Å². The fraction of sp³-hybridized carbons (Fsp3) is 0.800. The topological polar surface area (TPSA) is 93.7 Å². The van der Waals surface area contributed by atoms with Crippen LogP contribution in [0.2, 0.25) is 0 Å². The van der Waals surface area contributed by atoms with Crippen molar-refractivity contribution in [1.82, 2.24) is 10.6 Å². The van der Waals surface area contributed by atoms with Crippen molar-refractivity contribution in [3.05, 3.63) is 0 Å². The molecule has 0 aliphatic rings. The predicted molar refractivity (Wildman–Crippen MR) is 85.0 cm³/mol. The van der Waals surface area contributed by atoms with E-state index in [0.717, 1.165) is 38.6 Å². The summed E-state index contributed by atoms with van der Waals surface area (Å²) in [6, 6.07) is 0. The number of ether oxygens (including phenoxy) is 2. The van der Waals surface area contributed by atoms with Crippen LogP contribution in [0.15, 0.2) is 0 Å². The van der Waals surface area contributed by atoms with Gasteiger partial charge in [-0.2, -0.15) is 0 Å². The lowest BCUT2D eigenvalue weighted by Gasteiger charge is -2.06. The van der Waals surface area contributed by atoms with E-state index in [1.807, 2.05) is 7.05 Å². The molecular weight excluding hydrogens is 288 g/mol. The fourth-order valence-corrected chi connectivity index (χ4v) is 1.30. The average molecular weight is 318 g/mol. The van der Waals surface area contributed by atoms with E-state index in [1.165, 1.54) is 0 Å². The molecule has 0 aromatic carbocycles. The first-order chi connectivity index (χ1) is 10.7. The minimum Gasteiger partial charge on any atom is -0.450 e. The molecule has 0 rings (SSSR count). The lowest BCUT2D eigenvalue weighted by Crippen LogP contribution is -2.28. The lowest BCUT2D eigenvalue weighted by molar-refractivity contribution is -0.108. The Balaban J connectivity index is 0. The van der Waals surface area contributed by atoms with E-state index < -0.39 is 0 Å². The van der Waals surface area contributed by atoms with Gasteiger partial charge >= 0.3 is 6.09 Å². The molecule has 0 fully saturated rings. The van der Waals surface area contributed by atoms with E-state index in [2.05, 4.69) is 15.4 Å². The van der Waals surface area contributed by atoms with Crippen LogP contribution in [0.5, 0.6) is 0 Å². The molecule has 7 heteroatoms. The standard InChI is InChI=1S/C10H22N2O3.C5H8O2/c1-3-15-10(13)12-7-9-14-8-5-4-6-11-2;6-4-2-1-3-5-7/h11H,3-9H2,1-2H3,(H,12,13);4-5H,1-3H2. The zero-order chi connectivity index (χ0) is 16.9. The molecule has 0 saturated heterocycles. The van der Waals surface area contributed by atoms with Crippen LogP contribution in [-0.2, 0) is 19.1 Å². The molecule has 0 spiro atoms. The van der Waals surface area contributed by atoms with Crippen molar-refractivity contribution >= 4 is 18.7 Å². The molecule has 0 heterocycles. The van der Waals surface area contributed by atoms with Gasteiger partial charge < -0.3 is 29.7 Å². The van der Waals surface area contributed by atoms with Crippen LogP contribution in [0.3, 0.4) is 0 Å². The molecule has 0 aliphatic carbocycles. The Kier molecular flexibility index (Phi) is 22.6. The Bertz CT molecular complexity index is 254. The normalized spacial score (nSPS) is 9.36. The van der Waals surface area contributed by atoms with Gasteiger partial charge in [0, 0.05) is 26.0 Å². The zero-order valence-corrected chi connectivity index (χ0v) is 13.8. The summed E-state index contributed by atoms with van der Waals surface area (Å²) < 4.78 is 10.00. The van der Waals surface area contributed by atoms with Crippen molar-refractivity contribution in [2.24, 2.45) is 0 Å². The van der Waals surface area contributed by atoms with E-state index in [0.29, 0.717) is 39.0 Å². The van der Waals surface area contributed by atoms with Gasteiger partial charge in [0.2, 0.25) is 0 Å². The largest absolute Gasteiger partial charge is 0.450 e. The number of nitrogens with one attached hydrogen (secondary N) is 2. The third-order valence-corrected chi connectivity index (χ3v) is 2.40. The molecule has 2 N–H and O–H groups in total. The quantitative estimate of drug-likeness (QED) is 0.393. The maximum absolute atomic E-state index is 10.8. The van der Waals surface area contributed by atoms with Crippen molar-refractivity contribution in [3.63, 3.8) is 0 Å². The number of hydrogen-bond donors (Lipinski definition) is 2. The van der Waals surface area contributed by atoms with E-state index >= 15 is 0 Å². The summed E-state index contributed by atoms with van der Waals surface area (Å²) in [5.74, 6) is 0. The molecule has 0 aromatic rings. The first-order valence-electron chi connectivity index (χ1n) is 7.73. The number of hydrogen-bond acceptors (Lipinski definition) is 6. The summed E-state index contributed by atoms with van der Waals surface area (Å²) in [6.45, 7) is 4.98. The first-order valence-corrected chi connectivity index (χ1v) is 7.73. The number of alkyl carbamates (subject to hydrolysis) is 1. The highest BCUT2D eigenvalue weighted by molar-refractivity contribution is 5.66. The summed E-state index contributed by atoms with van der Waals surface area (Å²) in [4.78, 5) is 29.9. The lowest BCUT2D eigenvalue weighted by atomic mass is 10.3. The maximum atomic E-state index is 10.8. The molecule has 22 heavy (non-hydrogen) atoms. The molecule has 0 unspecified atom stereocenters. The minimum absolute atomic E-state index is 0.378. The summed E-state index contributed by atoms with van der Waals surface area (Å²) in [7, 11) is 1.93. The molecule has 0 aromatic heterocycles. The molecule has 0 aliphatic heterocycles. The molecular formula is C15H30N2O5. The number of carbonyl (C=O) groups is 3. The van der Waals surface area contributed by atoms with Gasteiger partial charge in [-0.25, -0.2) is 4.79 Å². The second kappa shape index (κ2) is 21.8. The van der Waals surface area contributed by atoms with Gasteiger partial charge in [-0.05, 0) is 39.8 Å². The summed E-state index contributed by atoms with van der Waals surface area (Å²) in [6.07, 6.45) is 5.15. The highest BCUT2D eigenvalue weighted by Crippen LogP contribution is 1.88. The number of unbranched alkanes of at least 4 members (excludes halogenated alkanes) is 3. The van der Waals surface area contributed by atoms with Crippen molar-refractivity contribution < 1.29 is 23.9 Å². The summed E-state index contributed by atoms with van der Waals surface area (Å²) >= 11 is 0. The van der Waals surface area contributed by atoms with Gasteiger partial charge in [0.1, 0.15) is 12.6 Å².